The summed E-state index contributed by atoms with van der Waals surface area (Å²) in [5, 5.41) is 0. The van der Waals surface area contributed by atoms with Gasteiger partial charge in [0.1, 0.15) is 5.82 Å². The van der Waals surface area contributed by atoms with Gasteiger partial charge >= 0.3 is 0 Å². The molecule has 0 aromatic carbocycles. The van der Waals surface area contributed by atoms with Crippen LogP contribution in [0.15, 0.2) is 18.3 Å². The van der Waals surface area contributed by atoms with Gasteiger partial charge in [0, 0.05) is 18.8 Å². The van der Waals surface area contributed by atoms with E-state index in [1.807, 2.05) is 12.1 Å². The average Bonchev–Trinajstić information content (AvgIpc) is 2.25. The molecule has 0 amide bonds. The summed E-state index contributed by atoms with van der Waals surface area (Å²) in [4.78, 5) is 6.48. The third kappa shape index (κ3) is 3.40. The lowest BCUT2D eigenvalue weighted by molar-refractivity contribution is 0.626. The number of aromatic nitrogens is 1. The van der Waals surface area contributed by atoms with E-state index in [0.29, 0.717) is 11.9 Å². The minimum absolute atomic E-state index is 0.461. The van der Waals surface area contributed by atoms with E-state index in [9.17, 15) is 0 Å². The fourth-order valence-electron chi connectivity index (χ4n) is 1.84. The number of rotatable bonds is 6. The highest BCUT2D eigenvalue weighted by molar-refractivity contribution is 5.63. The van der Waals surface area contributed by atoms with E-state index in [4.69, 9.17) is 5.73 Å². The zero-order chi connectivity index (χ0) is 12.0. The molecule has 1 aromatic heterocycles. The van der Waals surface area contributed by atoms with Crippen LogP contribution in [0.25, 0.3) is 0 Å². The third-order valence-electron chi connectivity index (χ3n) is 2.75. The molecule has 0 aliphatic rings. The van der Waals surface area contributed by atoms with Crippen molar-refractivity contribution in [3.63, 3.8) is 0 Å². The zero-order valence-electron chi connectivity index (χ0n) is 10.6. The summed E-state index contributed by atoms with van der Waals surface area (Å²) in [6.45, 7) is 7.66. The molecular weight excluding hydrogens is 198 g/mol. The SMILES string of the molecule is CCCCCN(c1cccnc1N)C(C)C. The van der Waals surface area contributed by atoms with Gasteiger partial charge < -0.3 is 10.6 Å². The summed E-state index contributed by atoms with van der Waals surface area (Å²) in [6.07, 6.45) is 5.46. The molecule has 2 N–H and O–H groups in total. The van der Waals surface area contributed by atoms with Crippen molar-refractivity contribution in [2.24, 2.45) is 0 Å². The fourth-order valence-corrected chi connectivity index (χ4v) is 1.84. The molecule has 0 spiro atoms. The molecule has 16 heavy (non-hydrogen) atoms. The highest BCUT2D eigenvalue weighted by atomic mass is 15.2. The van der Waals surface area contributed by atoms with Gasteiger partial charge in [-0.2, -0.15) is 0 Å². The van der Waals surface area contributed by atoms with Crippen LogP contribution in [-0.2, 0) is 0 Å². The van der Waals surface area contributed by atoms with Crippen molar-refractivity contribution in [2.75, 3.05) is 17.2 Å². The molecule has 0 bridgehead atoms. The fraction of sp³-hybridized carbons (Fsp3) is 0.615. The minimum atomic E-state index is 0.461. The molecule has 3 heteroatoms. The second-order valence-electron chi connectivity index (χ2n) is 4.40. The standard InChI is InChI=1S/C13H23N3/c1-4-5-6-10-16(11(2)3)12-8-7-9-15-13(12)14/h7-9,11H,4-6,10H2,1-3H3,(H2,14,15). The van der Waals surface area contributed by atoms with Crippen LogP contribution in [0.5, 0.6) is 0 Å². The molecule has 0 unspecified atom stereocenters. The first-order chi connectivity index (χ1) is 7.66. The van der Waals surface area contributed by atoms with Crippen LogP contribution < -0.4 is 10.6 Å². The number of hydrogen-bond acceptors (Lipinski definition) is 3. The molecule has 0 aliphatic heterocycles. The van der Waals surface area contributed by atoms with E-state index in [1.165, 1.54) is 19.3 Å². The lowest BCUT2D eigenvalue weighted by Crippen LogP contribution is -2.32. The van der Waals surface area contributed by atoms with Crippen LogP contribution in [0, 0.1) is 0 Å². The Morgan fingerprint density at radius 3 is 2.69 bits per heavy atom. The quantitative estimate of drug-likeness (QED) is 0.751. The molecule has 0 saturated heterocycles. The number of unbranched alkanes of at least 4 members (excludes halogenated alkanes) is 2. The first-order valence-corrected chi connectivity index (χ1v) is 6.14. The van der Waals surface area contributed by atoms with Crippen molar-refractivity contribution in [3.05, 3.63) is 18.3 Å². The number of anilines is 2. The second kappa shape index (κ2) is 6.36. The van der Waals surface area contributed by atoms with Crippen LogP contribution in [0.4, 0.5) is 11.5 Å². The lowest BCUT2D eigenvalue weighted by atomic mass is 10.2. The Morgan fingerprint density at radius 1 is 1.38 bits per heavy atom. The molecule has 1 rings (SSSR count). The smallest absolute Gasteiger partial charge is 0.146 e. The van der Waals surface area contributed by atoms with Gasteiger partial charge in [-0.3, -0.25) is 0 Å². The highest BCUT2D eigenvalue weighted by Gasteiger charge is 2.12. The van der Waals surface area contributed by atoms with Crippen LogP contribution in [-0.4, -0.2) is 17.6 Å². The Labute approximate surface area is 98.7 Å². The summed E-state index contributed by atoms with van der Waals surface area (Å²) in [7, 11) is 0. The van der Waals surface area contributed by atoms with E-state index in [0.717, 1.165) is 12.2 Å². The first kappa shape index (κ1) is 12.8. The van der Waals surface area contributed by atoms with E-state index >= 15 is 0 Å². The Balaban J connectivity index is 2.74. The summed E-state index contributed by atoms with van der Waals surface area (Å²) in [6, 6.07) is 4.46. The van der Waals surface area contributed by atoms with Gasteiger partial charge in [-0.25, -0.2) is 4.98 Å². The monoisotopic (exact) mass is 221 g/mol. The van der Waals surface area contributed by atoms with Gasteiger partial charge in [-0.05, 0) is 32.4 Å². The van der Waals surface area contributed by atoms with Gasteiger partial charge in [-0.1, -0.05) is 19.8 Å². The molecule has 0 fully saturated rings. The van der Waals surface area contributed by atoms with Gasteiger partial charge in [0.25, 0.3) is 0 Å². The Hall–Kier alpha value is -1.25. The molecule has 0 aliphatic carbocycles. The predicted octanol–water partition coefficient (Wildman–Crippen LogP) is 3.07. The largest absolute Gasteiger partial charge is 0.382 e. The van der Waals surface area contributed by atoms with E-state index in [2.05, 4.69) is 30.7 Å². The molecule has 3 nitrogen and oxygen atoms in total. The number of nitrogens with zero attached hydrogens (tertiary/aromatic N) is 2. The van der Waals surface area contributed by atoms with Gasteiger partial charge in [0.2, 0.25) is 0 Å². The van der Waals surface area contributed by atoms with Crippen LogP contribution >= 0.6 is 0 Å². The van der Waals surface area contributed by atoms with Crippen molar-refractivity contribution < 1.29 is 0 Å². The molecular formula is C13H23N3. The maximum Gasteiger partial charge on any atom is 0.146 e. The number of nitrogen functional groups attached to an aromatic ring is 1. The van der Waals surface area contributed by atoms with E-state index in [-0.39, 0.29) is 0 Å². The number of pyridine rings is 1. The van der Waals surface area contributed by atoms with Gasteiger partial charge in [-0.15, -0.1) is 0 Å². The summed E-state index contributed by atoms with van der Waals surface area (Å²) < 4.78 is 0. The Morgan fingerprint density at radius 2 is 2.12 bits per heavy atom. The second-order valence-corrected chi connectivity index (χ2v) is 4.40. The average molecular weight is 221 g/mol. The van der Waals surface area contributed by atoms with Crippen molar-refractivity contribution >= 4 is 11.5 Å². The zero-order valence-corrected chi connectivity index (χ0v) is 10.6. The summed E-state index contributed by atoms with van der Waals surface area (Å²) in [5.74, 6) is 0.632. The van der Waals surface area contributed by atoms with E-state index < -0.39 is 0 Å². The number of hydrogen-bond donors (Lipinski definition) is 1. The molecule has 1 heterocycles. The lowest BCUT2D eigenvalue weighted by Gasteiger charge is -2.29. The maximum atomic E-state index is 5.91. The van der Waals surface area contributed by atoms with Gasteiger partial charge in [0.15, 0.2) is 0 Å². The van der Waals surface area contributed by atoms with Crippen molar-refractivity contribution in [2.45, 2.75) is 46.1 Å². The maximum absolute atomic E-state index is 5.91. The molecule has 0 atom stereocenters. The summed E-state index contributed by atoms with van der Waals surface area (Å²) in [5.41, 5.74) is 6.97. The topological polar surface area (TPSA) is 42.2 Å². The predicted molar refractivity (Wildman–Crippen MR) is 70.7 cm³/mol. The van der Waals surface area contributed by atoms with Crippen molar-refractivity contribution in [1.29, 1.82) is 0 Å². The Kier molecular flexibility index (Phi) is 5.09. The van der Waals surface area contributed by atoms with Gasteiger partial charge in [0.05, 0.1) is 5.69 Å². The molecule has 90 valence electrons. The van der Waals surface area contributed by atoms with Crippen molar-refractivity contribution in [1.82, 2.24) is 4.98 Å². The minimum Gasteiger partial charge on any atom is -0.382 e. The van der Waals surface area contributed by atoms with Crippen molar-refractivity contribution in [3.8, 4) is 0 Å². The normalized spacial score (nSPS) is 10.8. The molecule has 0 saturated carbocycles. The number of nitrogens with two attached hydrogens (primary N) is 1. The van der Waals surface area contributed by atoms with Crippen LogP contribution in [0.1, 0.15) is 40.0 Å². The van der Waals surface area contributed by atoms with E-state index in [1.54, 1.807) is 6.20 Å². The first-order valence-electron chi connectivity index (χ1n) is 6.14. The molecule has 0 radical (unpaired) electrons. The van der Waals surface area contributed by atoms with Crippen LogP contribution in [0.3, 0.4) is 0 Å². The van der Waals surface area contributed by atoms with Crippen LogP contribution in [0.2, 0.25) is 0 Å². The highest BCUT2D eigenvalue weighted by Crippen LogP contribution is 2.22. The third-order valence-corrected chi connectivity index (χ3v) is 2.75. The Bertz CT molecular complexity index is 310. The molecule has 1 aromatic rings. The summed E-state index contributed by atoms with van der Waals surface area (Å²) >= 11 is 0.